The Morgan fingerprint density at radius 1 is 1.09 bits per heavy atom. The zero-order valence-corrected chi connectivity index (χ0v) is 14.2. The molecule has 2 aromatic carbocycles. The zero-order chi connectivity index (χ0) is 16.3. The molecule has 2 N–H and O–H groups in total. The lowest BCUT2D eigenvalue weighted by Crippen LogP contribution is -2.38. The van der Waals surface area contributed by atoms with Gasteiger partial charge in [0, 0.05) is 3.57 Å². The number of halogens is 2. The van der Waals surface area contributed by atoms with Crippen LogP contribution in [0.15, 0.2) is 53.4 Å². The van der Waals surface area contributed by atoms with Crippen LogP contribution in [0.25, 0.3) is 0 Å². The summed E-state index contributed by atoms with van der Waals surface area (Å²) in [5.74, 6) is -1.33. The molecule has 0 fully saturated rings. The molecule has 0 radical (unpaired) electrons. The second kappa shape index (κ2) is 6.61. The molecule has 0 saturated carbocycles. The summed E-state index contributed by atoms with van der Waals surface area (Å²) in [5, 5.41) is 0. The molecule has 0 bridgehead atoms. The first-order chi connectivity index (χ1) is 10.3. The van der Waals surface area contributed by atoms with Gasteiger partial charge in [0.2, 0.25) is 5.91 Å². The smallest absolute Gasteiger partial charge is 0.264 e. The lowest BCUT2D eigenvalue weighted by atomic mass is 10.3. The second-order valence-corrected chi connectivity index (χ2v) is 7.52. The van der Waals surface area contributed by atoms with Crippen molar-refractivity contribution < 1.29 is 17.6 Å². The first kappa shape index (κ1) is 16.7. The van der Waals surface area contributed by atoms with Gasteiger partial charge in [-0.1, -0.05) is 0 Å². The molecule has 2 rings (SSSR count). The van der Waals surface area contributed by atoms with E-state index in [1.807, 2.05) is 0 Å². The molecular weight excluding hydrogens is 422 g/mol. The van der Waals surface area contributed by atoms with E-state index in [-0.39, 0.29) is 4.90 Å². The monoisotopic (exact) mass is 434 g/mol. The summed E-state index contributed by atoms with van der Waals surface area (Å²) < 4.78 is 40.1. The minimum Gasteiger partial charge on any atom is -0.368 e. The van der Waals surface area contributed by atoms with Gasteiger partial charge in [0.05, 0.1) is 10.6 Å². The van der Waals surface area contributed by atoms with E-state index < -0.39 is 28.3 Å². The van der Waals surface area contributed by atoms with Crippen molar-refractivity contribution in [1.82, 2.24) is 0 Å². The fourth-order valence-electron chi connectivity index (χ4n) is 1.80. The Kier molecular flexibility index (Phi) is 5.01. The van der Waals surface area contributed by atoms with Crippen LogP contribution in [0, 0.1) is 9.39 Å². The number of anilines is 1. The van der Waals surface area contributed by atoms with Crippen molar-refractivity contribution in [3.8, 4) is 0 Å². The number of carbonyl (C=O) groups is 1. The van der Waals surface area contributed by atoms with Crippen molar-refractivity contribution >= 4 is 44.2 Å². The van der Waals surface area contributed by atoms with E-state index in [4.69, 9.17) is 5.73 Å². The average Bonchev–Trinajstić information content (AvgIpc) is 2.46. The molecule has 0 saturated heterocycles. The van der Waals surface area contributed by atoms with Gasteiger partial charge < -0.3 is 5.73 Å². The first-order valence-corrected chi connectivity index (χ1v) is 8.65. The molecule has 116 valence electrons. The maximum Gasteiger partial charge on any atom is 0.264 e. The minimum absolute atomic E-state index is 0.117. The van der Waals surface area contributed by atoms with Crippen molar-refractivity contribution in [3.63, 3.8) is 0 Å². The standard InChI is InChI=1S/C14H12FIN2O3S/c15-10-1-7-13(8-2-10)22(20,21)18(9-14(17)19)12-5-3-11(16)4-6-12/h1-8H,9H2,(H2,17,19). The van der Waals surface area contributed by atoms with Crippen molar-refractivity contribution in [1.29, 1.82) is 0 Å². The lowest BCUT2D eigenvalue weighted by Gasteiger charge is -2.23. The molecule has 8 heteroatoms. The van der Waals surface area contributed by atoms with Crippen molar-refractivity contribution in [2.45, 2.75) is 4.90 Å². The van der Waals surface area contributed by atoms with Gasteiger partial charge in [-0.3, -0.25) is 9.10 Å². The van der Waals surface area contributed by atoms with E-state index in [0.717, 1.165) is 32.1 Å². The summed E-state index contributed by atoms with van der Waals surface area (Å²) in [4.78, 5) is 11.1. The summed E-state index contributed by atoms with van der Waals surface area (Å²) in [7, 11) is -4.02. The van der Waals surface area contributed by atoms with E-state index in [2.05, 4.69) is 22.6 Å². The van der Waals surface area contributed by atoms with Crippen LogP contribution >= 0.6 is 22.6 Å². The largest absolute Gasteiger partial charge is 0.368 e. The normalized spacial score (nSPS) is 11.2. The Bertz CT molecular complexity index is 777. The molecule has 2 aromatic rings. The van der Waals surface area contributed by atoms with Crippen LogP contribution in [0.3, 0.4) is 0 Å². The summed E-state index contributed by atoms with van der Waals surface area (Å²) in [6, 6.07) is 11.0. The minimum atomic E-state index is -4.02. The molecule has 0 heterocycles. The van der Waals surface area contributed by atoms with E-state index in [0.29, 0.717) is 5.69 Å². The van der Waals surface area contributed by atoms with Crippen LogP contribution < -0.4 is 10.0 Å². The molecule has 0 aliphatic heterocycles. The number of sulfonamides is 1. The third-order valence-corrected chi connectivity index (χ3v) is 5.32. The highest BCUT2D eigenvalue weighted by Gasteiger charge is 2.26. The number of amides is 1. The van der Waals surface area contributed by atoms with Gasteiger partial charge in [-0.15, -0.1) is 0 Å². The molecular formula is C14H12FIN2O3S. The van der Waals surface area contributed by atoms with Gasteiger partial charge >= 0.3 is 0 Å². The highest BCUT2D eigenvalue weighted by atomic mass is 127. The fourth-order valence-corrected chi connectivity index (χ4v) is 3.59. The summed E-state index contributed by atoms with van der Waals surface area (Å²) in [6.45, 7) is -0.500. The molecule has 0 aliphatic carbocycles. The van der Waals surface area contributed by atoms with Gasteiger partial charge in [-0.2, -0.15) is 0 Å². The molecule has 0 aliphatic rings. The van der Waals surface area contributed by atoms with Gasteiger partial charge in [-0.05, 0) is 71.1 Å². The van der Waals surface area contributed by atoms with Crippen LogP contribution in [0.5, 0.6) is 0 Å². The quantitative estimate of drug-likeness (QED) is 0.733. The van der Waals surface area contributed by atoms with E-state index in [9.17, 15) is 17.6 Å². The Morgan fingerprint density at radius 3 is 2.14 bits per heavy atom. The lowest BCUT2D eigenvalue weighted by molar-refractivity contribution is -0.116. The number of primary amides is 1. The third kappa shape index (κ3) is 3.74. The van der Waals surface area contributed by atoms with Crippen LogP contribution in [-0.2, 0) is 14.8 Å². The van der Waals surface area contributed by atoms with Gasteiger partial charge in [-0.25, -0.2) is 12.8 Å². The van der Waals surface area contributed by atoms with Gasteiger partial charge in [0.1, 0.15) is 12.4 Å². The molecule has 22 heavy (non-hydrogen) atoms. The van der Waals surface area contributed by atoms with Gasteiger partial charge in [0.25, 0.3) is 10.0 Å². The van der Waals surface area contributed by atoms with Crippen molar-refractivity contribution in [2.75, 3.05) is 10.8 Å². The van der Waals surface area contributed by atoms with Crippen LogP contribution in [0.1, 0.15) is 0 Å². The number of rotatable bonds is 5. The second-order valence-electron chi connectivity index (χ2n) is 4.41. The average molecular weight is 434 g/mol. The first-order valence-electron chi connectivity index (χ1n) is 6.13. The molecule has 0 atom stereocenters. The highest BCUT2D eigenvalue weighted by molar-refractivity contribution is 14.1. The number of benzene rings is 2. The number of nitrogens with two attached hydrogens (primary N) is 1. The van der Waals surface area contributed by atoms with Crippen molar-refractivity contribution in [2.24, 2.45) is 5.73 Å². The molecule has 1 amide bonds. The molecule has 0 spiro atoms. The number of carbonyl (C=O) groups excluding carboxylic acids is 1. The Labute approximate surface area is 141 Å². The summed E-state index contributed by atoms with van der Waals surface area (Å²) >= 11 is 2.08. The van der Waals surface area contributed by atoms with Crippen LogP contribution in [0.2, 0.25) is 0 Å². The Morgan fingerprint density at radius 2 is 1.64 bits per heavy atom. The van der Waals surface area contributed by atoms with E-state index in [1.165, 1.54) is 0 Å². The third-order valence-electron chi connectivity index (χ3n) is 2.82. The van der Waals surface area contributed by atoms with Crippen LogP contribution in [-0.4, -0.2) is 20.9 Å². The molecule has 0 aromatic heterocycles. The predicted molar refractivity (Wildman–Crippen MR) is 89.3 cm³/mol. The zero-order valence-electron chi connectivity index (χ0n) is 11.2. The predicted octanol–water partition coefficient (Wildman–Crippen LogP) is 2.11. The number of hydrogen-bond donors (Lipinski definition) is 1. The van der Waals surface area contributed by atoms with E-state index >= 15 is 0 Å². The summed E-state index contributed by atoms with van der Waals surface area (Å²) in [5.41, 5.74) is 5.46. The number of nitrogens with zero attached hydrogens (tertiary/aromatic N) is 1. The van der Waals surface area contributed by atoms with E-state index in [1.54, 1.807) is 24.3 Å². The summed E-state index contributed by atoms with van der Waals surface area (Å²) in [6.07, 6.45) is 0. The highest BCUT2D eigenvalue weighted by Crippen LogP contribution is 2.24. The topological polar surface area (TPSA) is 80.5 Å². The maximum absolute atomic E-state index is 13.0. The SMILES string of the molecule is NC(=O)CN(c1ccc(I)cc1)S(=O)(=O)c1ccc(F)cc1. The molecule has 5 nitrogen and oxygen atoms in total. The Hall–Kier alpha value is -1.68. The molecule has 0 unspecified atom stereocenters. The van der Waals surface area contributed by atoms with Gasteiger partial charge in [0.15, 0.2) is 0 Å². The fraction of sp³-hybridized carbons (Fsp3) is 0.0714. The van der Waals surface area contributed by atoms with Crippen molar-refractivity contribution in [3.05, 3.63) is 57.9 Å². The maximum atomic E-state index is 13.0. The number of hydrogen-bond acceptors (Lipinski definition) is 3. The Balaban J connectivity index is 2.50. The van der Waals surface area contributed by atoms with Crippen LogP contribution in [0.4, 0.5) is 10.1 Å².